The molecule has 0 radical (unpaired) electrons. The maximum Gasteiger partial charge on any atom is 0.328 e. The van der Waals surface area contributed by atoms with Crippen LogP contribution in [0, 0.1) is 18.8 Å². The number of imidazole rings is 1. The topological polar surface area (TPSA) is 157 Å². The second-order valence-corrected chi connectivity index (χ2v) is 20.2. The second kappa shape index (κ2) is 18.8. The first kappa shape index (κ1) is 46.3. The van der Waals surface area contributed by atoms with Gasteiger partial charge in [0.1, 0.15) is 0 Å². The number of nitrogens with one attached hydrogen (secondary N) is 3. The monoisotopic (exact) mass is 954 g/mol. The van der Waals surface area contributed by atoms with Gasteiger partial charge in [-0.1, -0.05) is 23.7 Å². The minimum Gasteiger partial charge on any atom is -0.385 e. The van der Waals surface area contributed by atoms with Gasteiger partial charge in [0, 0.05) is 57.5 Å². The van der Waals surface area contributed by atoms with Crippen molar-refractivity contribution in [1.82, 2.24) is 35.0 Å². The van der Waals surface area contributed by atoms with Crippen LogP contribution in [0.2, 0.25) is 5.02 Å². The summed E-state index contributed by atoms with van der Waals surface area (Å²) in [6.07, 6.45) is 12.1. The smallest absolute Gasteiger partial charge is 0.328 e. The molecular weight excluding hydrogens is 894 g/mol. The summed E-state index contributed by atoms with van der Waals surface area (Å²) >= 11 is 6.54. The van der Waals surface area contributed by atoms with Crippen LogP contribution in [0.4, 0.5) is 36.5 Å². The largest absolute Gasteiger partial charge is 0.385 e. The number of aryl methyl sites for hydroxylation is 1. The lowest BCUT2D eigenvalue weighted by molar-refractivity contribution is -0.125. The number of carbonyl (C=O) groups excluding carboxylic acids is 4. The summed E-state index contributed by atoms with van der Waals surface area (Å²) in [5.41, 5.74) is 6.73. The number of halogens is 3. The number of urea groups is 1. The Morgan fingerprint density at radius 1 is 0.912 bits per heavy atom. The van der Waals surface area contributed by atoms with Gasteiger partial charge in [0.15, 0.2) is 17.2 Å². The quantitative estimate of drug-likeness (QED) is 0.136. The lowest BCUT2D eigenvalue weighted by Crippen LogP contribution is -2.60. The number of alkyl halides is 2. The Morgan fingerprint density at radius 3 is 2.38 bits per heavy atom. The second-order valence-electron chi connectivity index (χ2n) is 19.8. The van der Waals surface area contributed by atoms with Crippen LogP contribution < -0.4 is 25.8 Å². The molecule has 2 aliphatic carbocycles. The number of piperidine rings is 2. The van der Waals surface area contributed by atoms with Crippen LogP contribution in [0.1, 0.15) is 114 Å². The predicted molar refractivity (Wildman–Crippen MR) is 256 cm³/mol. The van der Waals surface area contributed by atoms with Gasteiger partial charge in [-0.2, -0.15) is 0 Å². The van der Waals surface area contributed by atoms with Gasteiger partial charge in [-0.25, -0.2) is 23.1 Å². The summed E-state index contributed by atoms with van der Waals surface area (Å²) in [5.74, 6) is -1.86. The fourth-order valence-electron chi connectivity index (χ4n) is 11.9. The molecule has 2 aromatic carbocycles. The molecule has 10 rings (SSSR count). The van der Waals surface area contributed by atoms with Crippen LogP contribution in [0.15, 0.2) is 42.6 Å². The highest BCUT2D eigenvalue weighted by molar-refractivity contribution is 6.35. The maximum atomic E-state index is 16.0. The van der Waals surface area contributed by atoms with Gasteiger partial charge < -0.3 is 25.2 Å². The number of imide groups is 1. The van der Waals surface area contributed by atoms with E-state index in [4.69, 9.17) is 21.4 Å². The minimum atomic E-state index is -3.09. The number of carbonyl (C=O) groups is 4. The third kappa shape index (κ3) is 8.78. The highest BCUT2D eigenvalue weighted by Gasteiger charge is 2.49. The third-order valence-electron chi connectivity index (χ3n) is 15.8. The van der Waals surface area contributed by atoms with Crippen molar-refractivity contribution in [3.63, 3.8) is 0 Å². The van der Waals surface area contributed by atoms with Gasteiger partial charge in [0.25, 0.3) is 17.7 Å². The molecule has 68 heavy (non-hydrogen) atoms. The molecule has 2 aromatic heterocycles. The van der Waals surface area contributed by atoms with E-state index in [1.807, 2.05) is 18.0 Å². The summed E-state index contributed by atoms with van der Waals surface area (Å²) in [4.78, 5) is 62.8. The number of aromatic nitrogens is 3. The summed E-state index contributed by atoms with van der Waals surface area (Å²) in [7, 11) is 3.53. The van der Waals surface area contributed by atoms with E-state index in [1.54, 1.807) is 30.8 Å². The molecule has 4 aromatic rings. The zero-order valence-corrected chi connectivity index (χ0v) is 39.8. The van der Waals surface area contributed by atoms with Gasteiger partial charge in [-0.15, -0.1) is 5.10 Å². The van der Waals surface area contributed by atoms with Crippen molar-refractivity contribution >= 4 is 63.9 Å². The molecule has 3 atom stereocenters. The number of methoxy groups -OCH3 is 1. The number of hydrogen-bond acceptors (Lipinski definition) is 10. The molecule has 362 valence electrons. The molecule has 0 bridgehead atoms. The number of benzene rings is 2. The van der Waals surface area contributed by atoms with Crippen LogP contribution in [0.25, 0.3) is 5.65 Å². The van der Waals surface area contributed by atoms with Crippen LogP contribution >= 0.6 is 11.6 Å². The van der Waals surface area contributed by atoms with Crippen LogP contribution in [-0.2, 0) is 16.0 Å². The van der Waals surface area contributed by atoms with Gasteiger partial charge in [0.2, 0.25) is 5.91 Å². The molecule has 5 amide bonds. The van der Waals surface area contributed by atoms with Crippen molar-refractivity contribution in [1.29, 1.82) is 0 Å². The Hall–Kier alpha value is -5.39. The number of likely N-dealkylation sites (tertiary alicyclic amines) is 2. The van der Waals surface area contributed by atoms with Crippen molar-refractivity contribution in [2.24, 2.45) is 11.8 Å². The number of rotatable bonds is 11. The summed E-state index contributed by atoms with van der Waals surface area (Å²) < 4.78 is 39.2. The van der Waals surface area contributed by atoms with E-state index in [9.17, 15) is 19.2 Å². The van der Waals surface area contributed by atoms with Gasteiger partial charge in [-0.05, 0) is 143 Å². The highest BCUT2D eigenvalue weighted by atomic mass is 35.5. The number of fused-ring (bicyclic) bond motifs is 2. The number of anilines is 4. The molecule has 5 fully saturated rings. The van der Waals surface area contributed by atoms with Crippen LogP contribution in [0.5, 0.6) is 0 Å². The van der Waals surface area contributed by atoms with Crippen molar-refractivity contribution in [3.8, 4) is 0 Å². The standard InChI is InChI=1S/C50H61ClF2N10O5/c1-29-23-33(25-39(45(29)51)62-22-17-44(64)57-49(62)67)48(66)60-20-16-42(50(52,53)28-60)59-18-13-31(14-19-59)24-30-7-9-32(10-8-30)34-5-4-6-38-35(34)15-21-61(38)43-26-37(54-2)46-55-27-40(63(46)58-43)47(65)56-36-11-12-41(36)68-3/h4-6,23,25-27,30-32,36,41-42,54H,7-22,24,28H2,1-3H3,(H,56,65)(H,57,64,67)/t30?,32?,36-,41-,42?/m1/s1. The Bertz CT molecular complexity index is 2610. The van der Waals surface area contributed by atoms with E-state index >= 15 is 8.78 Å². The molecular formula is C50H61ClF2N10O5. The van der Waals surface area contributed by atoms with E-state index in [-0.39, 0.29) is 60.3 Å². The van der Waals surface area contributed by atoms with Gasteiger partial charge >= 0.3 is 6.03 Å². The average molecular weight is 956 g/mol. The van der Waals surface area contributed by atoms with Gasteiger partial charge in [-0.3, -0.25) is 29.5 Å². The summed E-state index contributed by atoms with van der Waals surface area (Å²) in [5, 5.41) is 13.9. The molecule has 3 saturated heterocycles. The Balaban J connectivity index is 0.724. The average Bonchev–Trinajstić information content (AvgIpc) is 3.97. The zero-order valence-electron chi connectivity index (χ0n) is 39.0. The Labute approximate surface area is 400 Å². The maximum absolute atomic E-state index is 16.0. The SMILES string of the molecule is CNc1cc(N2CCc3c(C4CCC(CC5CCN(C6CCN(C(=O)c7cc(C)c(Cl)c(N8CCC(=O)NC8=O)c7)CC6(F)F)CC5)CC4)cccc32)nn2c(C(=O)N[C@@H]3CC[C@H]3OC)cnc12. The molecule has 6 aliphatic rings. The highest BCUT2D eigenvalue weighted by Crippen LogP contribution is 2.46. The zero-order chi connectivity index (χ0) is 47.4. The fourth-order valence-corrected chi connectivity index (χ4v) is 12.2. The first-order chi connectivity index (χ1) is 32.8. The molecule has 1 unspecified atom stereocenters. The molecule has 6 heterocycles. The van der Waals surface area contributed by atoms with E-state index in [2.05, 4.69) is 44.0 Å². The fraction of sp³-hybridized carbons (Fsp3) is 0.560. The molecule has 2 saturated carbocycles. The lowest BCUT2D eigenvalue weighted by Gasteiger charge is -2.46. The van der Waals surface area contributed by atoms with E-state index < -0.39 is 36.4 Å². The molecule has 15 nitrogen and oxygen atoms in total. The number of hydrogen-bond donors (Lipinski definition) is 3. The van der Waals surface area contributed by atoms with Crippen molar-refractivity contribution < 1.29 is 32.7 Å². The van der Waals surface area contributed by atoms with Crippen LogP contribution in [-0.4, -0.2) is 126 Å². The molecule has 18 heteroatoms. The van der Waals surface area contributed by atoms with Crippen molar-refractivity contribution in [3.05, 3.63) is 75.6 Å². The normalized spacial score (nSPS) is 25.6. The lowest BCUT2D eigenvalue weighted by atomic mass is 9.73. The third-order valence-corrected chi connectivity index (χ3v) is 16.3. The number of ether oxygens (including phenoxy) is 1. The summed E-state index contributed by atoms with van der Waals surface area (Å²) in [6, 6.07) is 10.1. The Kier molecular flexibility index (Phi) is 12.8. The van der Waals surface area contributed by atoms with Crippen LogP contribution in [0.3, 0.4) is 0 Å². The Morgan fingerprint density at radius 2 is 1.68 bits per heavy atom. The molecule has 3 N–H and O–H groups in total. The minimum absolute atomic E-state index is 0.0211. The van der Waals surface area contributed by atoms with Crippen molar-refractivity contribution in [2.75, 3.05) is 68.5 Å². The summed E-state index contributed by atoms with van der Waals surface area (Å²) in [6.45, 7) is 3.37. The number of nitrogens with zero attached hydrogens (tertiary/aromatic N) is 7. The molecule has 4 aliphatic heterocycles. The predicted octanol–water partition coefficient (Wildman–Crippen LogP) is 7.71. The molecule has 0 spiro atoms. The van der Waals surface area contributed by atoms with E-state index in [0.29, 0.717) is 47.7 Å². The van der Waals surface area contributed by atoms with Gasteiger partial charge in [0.05, 0.1) is 47.3 Å². The number of amides is 5. The van der Waals surface area contributed by atoms with Crippen molar-refractivity contribution in [2.45, 2.75) is 114 Å². The van der Waals surface area contributed by atoms with E-state index in [0.717, 1.165) is 87.9 Å². The first-order valence-corrected chi connectivity index (χ1v) is 24.8. The van der Waals surface area contributed by atoms with E-state index in [1.165, 1.54) is 27.0 Å². The first-order valence-electron chi connectivity index (χ1n) is 24.4.